The number of hydrogen-bond donors (Lipinski definition) is 1. The summed E-state index contributed by atoms with van der Waals surface area (Å²) in [6.45, 7) is 7.58. The Balaban J connectivity index is 1.47. The molecule has 1 aliphatic heterocycles. The Labute approximate surface area is 183 Å². The average molecular weight is 424 g/mol. The van der Waals surface area contributed by atoms with Gasteiger partial charge in [0.2, 0.25) is 0 Å². The first kappa shape index (κ1) is 22.3. The number of benzene rings is 2. The smallest absolute Gasteiger partial charge is 0.329 e. The van der Waals surface area contributed by atoms with E-state index in [1.807, 2.05) is 43.3 Å². The van der Waals surface area contributed by atoms with E-state index in [4.69, 9.17) is 4.74 Å². The Morgan fingerprint density at radius 3 is 2.26 bits per heavy atom. The van der Waals surface area contributed by atoms with Crippen molar-refractivity contribution < 1.29 is 19.1 Å². The van der Waals surface area contributed by atoms with Gasteiger partial charge in [0.15, 0.2) is 6.10 Å². The third-order valence-corrected chi connectivity index (χ3v) is 5.33. The number of piperazine rings is 1. The second-order valence-electron chi connectivity index (χ2n) is 7.79. The summed E-state index contributed by atoms with van der Waals surface area (Å²) in [7, 11) is 0. The van der Waals surface area contributed by atoms with E-state index in [0.717, 1.165) is 24.3 Å². The van der Waals surface area contributed by atoms with E-state index in [1.54, 1.807) is 36.9 Å². The van der Waals surface area contributed by atoms with E-state index >= 15 is 0 Å². The summed E-state index contributed by atoms with van der Waals surface area (Å²) >= 11 is 0. The lowest BCUT2D eigenvalue weighted by atomic mass is 10.1. The van der Waals surface area contributed by atoms with Gasteiger partial charge in [-0.1, -0.05) is 35.9 Å². The fourth-order valence-electron chi connectivity index (χ4n) is 3.53. The molecule has 1 heterocycles. The summed E-state index contributed by atoms with van der Waals surface area (Å²) in [5, 5.41) is 2.63. The normalized spacial score (nSPS) is 15.7. The van der Waals surface area contributed by atoms with E-state index in [-0.39, 0.29) is 11.8 Å². The van der Waals surface area contributed by atoms with Crippen LogP contribution in [-0.4, -0.2) is 61.0 Å². The first-order valence-electron chi connectivity index (χ1n) is 10.5. The van der Waals surface area contributed by atoms with Gasteiger partial charge in [0.05, 0.1) is 0 Å². The number of nitrogens with zero attached hydrogens (tertiary/aromatic N) is 2. The first-order chi connectivity index (χ1) is 14.8. The molecule has 1 saturated heterocycles. The summed E-state index contributed by atoms with van der Waals surface area (Å²) in [6.07, 6.45) is -0.908. The lowest BCUT2D eigenvalue weighted by molar-refractivity contribution is -0.160. The van der Waals surface area contributed by atoms with Crippen LogP contribution in [0.1, 0.15) is 29.8 Å². The molecule has 0 unspecified atom stereocenters. The van der Waals surface area contributed by atoms with Crippen molar-refractivity contribution in [3.05, 3.63) is 65.7 Å². The van der Waals surface area contributed by atoms with Gasteiger partial charge in [0, 0.05) is 37.4 Å². The SMILES string of the molecule is Cc1cccc(C(=O)N[C@@H](C)C(=O)O[C@H](C)C(=O)N2CCN(c3ccccc3)CC2)c1. The molecular formula is C24H29N3O4. The maximum Gasteiger partial charge on any atom is 0.329 e. The molecule has 31 heavy (non-hydrogen) atoms. The highest BCUT2D eigenvalue weighted by Gasteiger charge is 2.29. The van der Waals surface area contributed by atoms with Gasteiger partial charge in [-0.3, -0.25) is 9.59 Å². The predicted molar refractivity (Wildman–Crippen MR) is 119 cm³/mol. The molecular weight excluding hydrogens is 394 g/mol. The minimum Gasteiger partial charge on any atom is -0.451 e. The fraction of sp³-hybridized carbons (Fsp3) is 0.375. The van der Waals surface area contributed by atoms with E-state index in [2.05, 4.69) is 10.2 Å². The molecule has 7 heteroatoms. The number of carbonyl (C=O) groups excluding carboxylic acids is 3. The molecule has 2 atom stereocenters. The Morgan fingerprint density at radius 1 is 0.935 bits per heavy atom. The van der Waals surface area contributed by atoms with Crippen LogP contribution in [0.25, 0.3) is 0 Å². The number of anilines is 1. The van der Waals surface area contributed by atoms with E-state index < -0.39 is 18.1 Å². The molecule has 0 saturated carbocycles. The molecule has 7 nitrogen and oxygen atoms in total. The largest absolute Gasteiger partial charge is 0.451 e. The Kier molecular flexibility index (Phi) is 7.28. The fourth-order valence-corrected chi connectivity index (χ4v) is 3.53. The molecule has 3 rings (SSSR count). The molecule has 2 aromatic rings. The minimum atomic E-state index is -0.908. The van der Waals surface area contributed by atoms with E-state index in [9.17, 15) is 14.4 Å². The van der Waals surface area contributed by atoms with E-state index in [1.165, 1.54) is 0 Å². The maximum atomic E-state index is 12.7. The number of ether oxygens (including phenoxy) is 1. The van der Waals surface area contributed by atoms with Gasteiger partial charge in [-0.2, -0.15) is 0 Å². The summed E-state index contributed by atoms with van der Waals surface area (Å²) < 4.78 is 5.34. The Hall–Kier alpha value is -3.35. The van der Waals surface area contributed by atoms with Crippen molar-refractivity contribution in [1.82, 2.24) is 10.2 Å². The van der Waals surface area contributed by atoms with Crippen LogP contribution in [0, 0.1) is 6.92 Å². The molecule has 0 aromatic heterocycles. The molecule has 1 N–H and O–H groups in total. The second-order valence-corrected chi connectivity index (χ2v) is 7.79. The molecule has 0 radical (unpaired) electrons. The first-order valence-corrected chi connectivity index (χ1v) is 10.5. The molecule has 164 valence electrons. The van der Waals surface area contributed by atoms with Crippen molar-refractivity contribution >= 4 is 23.5 Å². The minimum absolute atomic E-state index is 0.224. The number of para-hydroxylation sites is 1. The van der Waals surface area contributed by atoms with Crippen LogP contribution in [0.3, 0.4) is 0 Å². The quantitative estimate of drug-likeness (QED) is 0.722. The van der Waals surface area contributed by atoms with Crippen molar-refractivity contribution in [2.45, 2.75) is 32.9 Å². The van der Waals surface area contributed by atoms with Crippen LogP contribution in [0.2, 0.25) is 0 Å². The van der Waals surface area contributed by atoms with Crippen LogP contribution in [0.15, 0.2) is 54.6 Å². The van der Waals surface area contributed by atoms with Gasteiger partial charge in [-0.05, 0) is 45.0 Å². The summed E-state index contributed by atoms with van der Waals surface area (Å²) in [5.74, 6) is -1.22. The van der Waals surface area contributed by atoms with Crippen LogP contribution < -0.4 is 10.2 Å². The molecule has 0 aliphatic carbocycles. The number of nitrogens with one attached hydrogen (secondary N) is 1. The third-order valence-electron chi connectivity index (χ3n) is 5.33. The van der Waals surface area contributed by atoms with Crippen LogP contribution in [-0.2, 0) is 14.3 Å². The summed E-state index contributed by atoms with van der Waals surface area (Å²) in [6, 6.07) is 16.3. The molecule has 2 amide bonds. The highest BCUT2D eigenvalue weighted by Crippen LogP contribution is 2.16. The number of rotatable bonds is 6. The topological polar surface area (TPSA) is 78.9 Å². The number of esters is 1. The molecule has 1 aliphatic rings. The lowest BCUT2D eigenvalue weighted by Crippen LogP contribution is -2.52. The lowest BCUT2D eigenvalue weighted by Gasteiger charge is -2.37. The second kappa shape index (κ2) is 10.1. The summed E-state index contributed by atoms with van der Waals surface area (Å²) in [5.41, 5.74) is 2.56. The monoisotopic (exact) mass is 423 g/mol. The molecule has 0 bridgehead atoms. The van der Waals surface area contributed by atoms with E-state index in [0.29, 0.717) is 18.7 Å². The van der Waals surface area contributed by atoms with Crippen LogP contribution >= 0.6 is 0 Å². The van der Waals surface area contributed by atoms with Gasteiger partial charge in [-0.15, -0.1) is 0 Å². The average Bonchev–Trinajstić information content (AvgIpc) is 2.79. The van der Waals surface area contributed by atoms with Crippen LogP contribution in [0.4, 0.5) is 5.69 Å². The van der Waals surface area contributed by atoms with Gasteiger partial charge in [0.1, 0.15) is 6.04 Å². The van der Waals surface area contributed by atoms with Crippen molar-refractivity contribution in [2.24, 2.45) is 0 Å². The van der Waals surface area contributed by atoms with Gasteiger partial charge >= 0.3 is 5.97 Å². The zero-order valence-corrected chi connectivity index (χ0v) is 18.2. The Morgan fingerprint density at radius 2 is 1.61 bits per heavy atom. The zero-order valence-electron chi connectivity index (χ0n) is 18.2. The zero-order chi connectivity index (χ0) is 22.4. The molecule has 0 spiro atoms. The number of hydrogen-bond acceptors (Lipinski definition) is 5. The number of aryl methyl sites for hydroxylation is 1. The predicted octanol–water partition coefficient (Wildman–Crippen LogP) is 2.39. The van der Waals surface area contributed by atoms with Gasteiger partial charge in [0.25, 0.3) is 11.8 Å². The van der Waals surface area contributed by atoms with Crippen LogP contribution in [0.5, 0.6) is 0 Å². The summed E-state index contributed by atoms with van der Waals surface area (Å²) in [4.78, 5) is 41.4. The van der Waals surface area contributed by atoms with Gasteiger partial charge < -0.3 is 19.9 Å². The Bertz CT molecular complexity index is 923. The number of carbonyl (C=O) groups is 3. The highest BCUT2D eigenvalue weighted by atomic mass is 16.5. The molecule has 1 fully saturated rings. The third kappa shape index (κ3) is 5.84. The van der Waals surface area contributed by atoms with Crippen molar-refractivity contribution in [3.8, 4) is 0 Å². The number of amides is 2. The van der Waals surface area contributed by atoms with Crippen molar-refractivity contribution in [3.63, 3.8) is 0 Å². The van der Waals surface area contributed by atoms with Crippen molar-refractivity contribution in [1.29, 1.82) is 0 Å². The molecule has 2 aromatic carbocycles. The highest BCUT2D eigenvalue weighted by molar-refractivity contribution is 5.97. The van der Waals surface area contributed by atoms with Gasteiger partial charge in [-0.25, -0.2) is 4.79 Å². The van der Waals surface area contributed by atoms with Crippen molar-refractivity contribution in [2.75, 3.05) is 31.1 Å². The standard InChI is InChI=1S/C24H29N3O4/c1-17-8-7-9-20(16-17)22(28)25-18(2)24(30)31-19(3)23(29)27-14-12-26(13-15-27)21-10-5-4-6-11-21/h4-11,16,18-19H,12-15H2,1-3H3,(H,25,28)/t18-,19+/m0/s1. The maximum absolute atomic E-state index is 12.7.